The van der Waals surface area contributed by atoms with Crippen LogP contribution in [0, 0.1) is 5.82 Å². The number of hydrogen-bond acceptors (Lipinski definition) is 2. The van der Waals surface area contributed by atoms with Crippen molar-refractivity contribution in [2.24, 2.45) is 0 Å². The molecule has 0 bridgehead atoms. The second kappa shape index (κ2) is 6.66. The molecule has 0 radical (unpaired) electrons. The molecule has 3 nitrogen and oxygen atoms in total. The number of hydrogen-bond donors (Lipinski definition) is 1. The Hall–Kier alpha value is -1.42. The van der Waals surface area contributed by atoms with Crippen LogP contribution in [0.5, 0.6) is 0 Å². The maximum atomic E-state index is 13.1. The smallest absolute Gasteiger partial charge is 0.227 e. The summed E-state index contributed by atoms with van der Waals surface area (Å²) in [5, 5.41) is 3.40. The van der Waals surface area contributed by atoms with Gasteiger partial charge in [0.05, 0.1) is 6.42 Å². The van der Waals surface area contributed by atoms with Crippen molar-refractivity contribution in [3.8, 4) is 0 Å². The Bertz CT molecular complexity index is 430. The molecule has 1 unspecified atom stereocenters. The molecule has 2 rings (SSSR count). The van der Waals surface area contributed by atoms with Gasteiger partial charge in [-0.15, -0.1) is 0 Å². The molecular weight excluding hydrogens is 243 g/mol. The molecule has 104 valence electrons. The van der Waals surface area contributed by atoms with Gasteiger partial charge in [-0.05, 0) is 44.0 Å². The molecule has 1 aliphatic heterocycles. The van der Waals surface area contributed by atoms with Crippen molar-refractivity contribution >= 4 is 5.91 Å². The fourth-order valence-electron chi connectivity index (χ4n) is 2.52. The zero-order chi connectivity index (χ0) is 13.7. The van der Waals surface area contributed by atoms with Gasteiger partial charge < -0.3 is 10.2 Å². The predicted molar refractivity (Wildman–Crippen MR) is 73.4 cm³/mol. The second-order valence-corrected chi connectivity index (χ2v) is 5.03. The van der Waals surface area contributed by atoms with Gasteiger partial charge in [0, 0.05) is 19.1 Å². The molecule has 1 saturated heterocycles. The Morgan fingerprint density at radius 3 is 3.00 bits per heavy atom. The van der Waals surface area contributed by atoms with Crippen LogP contribution in [-0.2, 0) is 11.2 Å². The van der Waals surface area contributed by atoms with Gasteiger partial charge in [-0.25, -0.2) is 4.39 Å². The maximum Gasteiger partial charge on any atom is 0.227 e. The summed E-state index contributed by atoms with van der Waals surface area (Å²) in [4.78, 5) is 14.1. The Balaban J connectivity index is 1.92. The van der Waals surface area contributed by atoms with Gasteiger partial charge >= 0.3 is 0 Å². The molecule has 1 aromatic rings. The molecule has 1 heterocycles. The number of carbonyl (C=O) groups excluding carboxylic acids is 1. The second-order valence-electron chi connectivity index (χ2n) is 5.03. The van der Waals surface area contributed by atoms with E-state index in [0.29, 0.717) is 12.6 Å². The number of nitrogens with zero attached hydrogens (tertiary/aromatic N) is 1. The molecule has 0 saturated carbocycles. The molecule has 19 heavy (non-hydrogen) atoms. The van der Waals surface area contributed by atoms with E-state index < -0.39 is 0 Å². The minimum absolute atomic E-state index is 0.0711. The molecule has 0 aliphatic carbocycles. The Morgan fingerprint density at radius 1 is 1.53 bits per heavy atom. The summed E-state index contributed by atoms with van der Waals surface area (Å²) < 4.78 is 13.1. The summed E-state index contributed by atoms with van der Waals surface area (Å²) in [5.41, 5.74) is 0.739. The SMILES string of the molecule is CCN(CC1CCCN1)C(=O)Cc1cccc(F)c1. The third-order valence-electron chi connectivity index (χ3n) is 3.58. The highest BCUT2D eigenvalue weighted by atomic mass is 19.1. The van der Waals surface area contributed by atoms with E-state index in [4.69, 9.17) is 0 Å². The van der Waals surface area contributed by atoms with Crippen molar-refractivity contribution in [1.29, 1.82) is 0 Å². The maximum absolute atomic E-state index is 13.1. The zero-order valence-corrected chi connectivity index (χ0v) is 11.4. The quantitative estimate of drug-likeness (QED) is 0.882. The van der Waals surface area contributed by atoms with Crippen LogP contribution in [0.4, 0.5) is 4.39 Å². The minimum atomic E-state index is -0.286. The standard InChI is InChI=1S/C15H21FN2O/c1-2-18(11-14-7-4-8-17-14)15(19)10-12-5-3-6-13(16)9-12/h3,5-6,9,14,17H,2,4,7-8,10-11H2,1H3. The van der Waals surface area contributed by atoms with Crippen molar-refractivity contribution in [3.05, 3.63) is 35.6 Å². The lowest BCUT2D eigenvalue weighted by atomic mass is 10.1. The van der Waals surface area contributed by atoms with Gasteiger partial charge in [0.25, 0.3) is 0 Å². The first-order chi connectivity index (χ1) is 9.19. The summed E-state index contributed by atoms with van der Waals surface area (Å²) in [6.45, 7) is 4.48. The molecule has 1 N–H and O–H groups in total. The van der Waals surface area contributed by atoms with E-state index in [1.54, 1.807) is 12.1 Å². The lowest BCUT2D eigenvalue weighted by Gasteiger charge is -2.24. The van der Waals surface area contributed by atoms with Crippen LogP contribution in [0.3, 0.4) is 0 Å². The molecule has 4 heteroatoms. The number of nitrogens with one attached hydrogen (secondary N) is 1. The largest absolute Gasteiger partial charge is 0.341 e. The van der Waals surface area contributed by atoms with Crippen molar-refractivity contribution < 1.29 is 9.18 Å². The van der Waals surface area contributed by atoms with Gasteiger partial charge in [0.2, 0.25) is 5.91 Å². The topological polar surface area (TPSA) is 32.3 Å². The van der Waals surface area contributed by atoms with Crippen LogP contribution in [0.1, 0.15) is 25.3 Å². The molecule has 1 amide bonds. The number of benzene rings is 1. The first kappa shape index (κ1) is 14.0. The Morgan fingerprint density at radius 2 is 2.37 bits per heavy atom. The van der Waals surface area contributed by atoms with Gasteiger partial charge in [-0.2, -0.15) is 0 Å². The van der Waals surface area contributed by atoms with Gasteiger partial charge in [-0.3, -0.25) is 4.79 Å². The van der Waals surface area contributed by atoms with Gasteiger partial charge in [0.15, 0.2) is 0 Å². The van der Waals surface area contributed by atoms with Crippen molar-refractivity contribution in [2.75, 3.05) is 19.6 Å². The Kier molecular flexibility index (Phi) is 4.91. The highest BCUT2D eigenvalue weighted by molar-refractivity contribution is 5.78. The van der Waals surface area contributed by atoms with Crippen molar-refractivity contribution in [2.45, 2.75) is 32.2 Å². The fraction of sp³-hybridized carbons (Fsp3) is 0.533. The van der Waals surface area contributed by atoms with Crippen molar-refractivity contribution in [3.63, 3.8) is 0 Å². The molecule has 1 atom stereocenters. The van der Waals surface area contributed by atoms with Crippen LogP contribution >= 0.6 is 0 Å². The lowest BCUT2D eigenvalue weighted by molar-refractivity contribution is -0.130. The summed E-state index contributed by atoms with van der Waals surface area (Å²) in [6.07, 6.45) is 2.59. The first-order valence-electron chi connectivity index (χ1n) is 6.94. The number of amides is 1. The molecule has 0 aromatic heterocycles. The van der Waals surface area contributed by atoms with E-state index in [9.17, 15) is 9.18 Å². The van der Waals surface area contributed by atoms with Crippen LogP contribution < -0.4 is 5.32 Å². The number of likely N-dealkylation sites (N-methyl/N-ethyl adjacent to an activating group) is 1. The van der Waals surface area contributed by atoms with Crippen molar-refractivity contribution in [1.82, 2.24) is 10.2 Å². The normalized spacial score (nSPS) is 18.5. The average molecular weight is 264 g/mol. The minimum Gasteiger partial charge on any atom is -0.341 e. The lowest BCUT2D eigenvalue weighted by Crippen LogP contribution is -2.41. The van der Waals surface area contributed by atoms with Gasteiger partial charge in [-0.1, -0.05) is 12.1 Å². The monoisotopic (exact) mass is 264 g/mol. The molecule has 1 aliphatic rings. The van der Waals surface area contributed by atoms with E-state index in [-0.39, 0.29) is 18.1 Å². The highest BCUT2D eigenvalue weighted by Crippen LogP contribution is 2.10. The summed E-state index contributed by atoms with van der Waals surface area (Å²) in [5.74, 6) is -0.215. The van der Waals surface area contributed by atoms with E-state index in [1.807, 2.05) is 11.8 Å². The van der Waals surface area contributed by atoms with E-state index in [1.165, 1.54) is 18.6 Å². The van der Waals surface area contributed by atoms with Crippen LogP contribution in [0.25, 0.3) is 0 Å². The van der Waals surface area contributed by atoms with Gasteiger partial charge in [0.1, 0.15) is 5.82 Å². The molecule has 0 spiro atoms. The van der Waals surface area contributed by atoms with Crippen LogP contribution in [0.2, 0.25) is 0 Å². The third kappa shape index (κ3) is 4.03. The third-order valence-corrected chi connectivity index (χ3v) is 3.58. The Labute approximate surface area is 113 Å². The highest BCUT2D eigenvalue weighted by Gasteiger charge is 2.20. The number of carbonyl (C=O) groups is 1. The van der Waals surface area contributed by atoms with Crippen LogP contribution in [-0.4, -0.2) is 36.5 Å². The summed E-state index contributed by atoms with van der Waals surface area (Å²) in [6, 6.07) is 6.68. The summed E-state index contributed by atoms with van der Waals surface area (Å²) in [7, 11) is 0. The predicted octanol–water partition coefficient (Wildman–Crippen LogP) is 1.97. The number of halogens is 1. The van der Waals surface area contributed by atoms with E-state index >= 15 is 0 Å². The van der Waals surface area contributed by atoms with E-state index in [0.717, 1.165) is 25.1 Å². The first-order valence-corrected chi connectivity index (χ1v) is 6.94. The summed E-state index contributed by atoms with van der Waals surface area (Å²) >= 11 is 0. The van der Waals surface area contributed by atoms with E-state index in [2.05, 4.69) is 5.32 Å². The zero-order valence-electron chi connectivity index (χ0n) is 11.4. The molecule has 1 aromatic carbocycles. The molecule has 1 fully saturated rings. The average Bonchev–Trinajstić information content (AvgIpc) is 2.88. The fourth-order valence-corrected chi connectivity index (χ4v) is 2.52. The number of rotatable bonds is 5. The van der Waals surface area contributed by atoms with Crippen LogP contribution in [0.15, 0.2) is 24.3 Å². The molecular formula is C15H21FN2O.